The molecule has 1 saturated carbocycles. The second-order valence-electron chi connectivity index (χ2n) is 5.07. The molecule has 122 valence electrons. The van der Waals surface area contributed by atoms with Crippen LogP contribution in [0, 0.1) is 5.92 Å². The van der Waals surface area contributed by atoms with Crippen LogP contribution < -0.4 is 16.0 Å². The minimum atomic E-state index is -0.0808. The van der Waals surface area contributed by atoms with Crippen LogP contribution >= 0.6 is 0 Å². The number of nitrogens with zero attached hydrogens (tertiary/aromatic N) is 1. The molecule has 0 radical (unpaired) electrons. The SMILES string of the molecule is CN=C(NCCCOCC1CC1)NCC(=O)NCCOC. The van der Waals surface area contributed by atoms with Crippen LogP contribution in [-0.4, -0.2) is 65.5 Å². The molecule has 21 heavy (non-hydrogen) atoms. The van der Waals surface area contributed by atoms with E-state index in [0.717, 1.165) is 32.1 Å². The van der Waals surface area contributed by atoms with Crippen LogP contribution in [0.1, 0.15) is 19.3 Å². The molecule has 0 aromatic carbocycles. The Morgan fingerprint density at radius 1 is 1.19 bits per heavy atom. The summed E-state index contributed by atoms with van der Waals surface area (Å²) in [5, 5.41) is 8.84. The molecule has 7 nitrogen and oxygen atoms in total. The molecule has 0 aliphatic heterocycles. The van der Waals surface area contributed by atoms with Crippen molar-refractivity contribution in [2.45, 2.75) is 19.3 Å². The number of hydrogen-bond acceptors (Lipinski definition) is 4. The van der Waals surface area contributed by atoms with Crippen LogP contribution in [0.4, 0.5) is 0 Å². The average Bonchev–Trinajstić information content (AvgIpc) is 3.30. The van der Waals surface area contributed by atoms with Gasteiger partial charge in [0.25, 0.3) is 0 Å². The van der Waals surface area contributed by atoms with E-state index >= 15 is 0 Å². The molecule has 0 atom stereocenters. The van der Waals surface area contributed by atoms with Gasteiger partial charge in [-0.1, -0.05) is 0 Å². The van der Waals surface area contributed by atoms with Gasteiger partial charge in [0.05, 0.1) is 13.2 Å². The van der Waals surface area contributed by atoms with Gasteiger partial charge in [-0.05, 0) is 25.2 Å². The van der Waals surface area contributed by atoms with Crippen molar-refractivity contribution in [1.82, 2.24) is 16.0 Å². The number of guanidine groups is 1. The fraction of sp³-hybridized carbons (Fsp3) is 0.857. The molecule has 0 heterocycles. The summed E-state index contributed by atoms with van der Waals surface area (Å²) in [6.07, 6.45) is 3.57. The Kier molecular flexibility index (Phi) is 9.56. The predicted octanol–water partition coefficient (Wildman–Crippen LogP) is -0.269. The maximum Gasteiger partial charge on any atom is 0.239 e. The summed E-state index contributed by atoms with van der Waals surface area (Å²) in [7, 11) is 3.28. The molecule has 1 rings (SSSR count). The number of ether oxygens (including phenoxy) is 2. The van der Waals surface area contributed by atoms with E-state index in [-0.39, 0.29) is 12.5 Å². The fourth-order valence-electron chi connectivity index (χ4n) is 1.66. The summed E-state index contributed by atoms with van der Waals surface area (Å²) in [4.78, 5) is 15.6. The number of nitrogens with one attached hydrogen (secondary N) is 3. The molecule has 0 aromatic rings. The Balaban J connectivity index is 1.96. The van der Waals surface area contributed by atoms with E-state index in [2.05, 4.69) is 20.9 Å². The maximum absolute atomic E-state index is 11.5. The lowest BCUT2D eigenvalue weighted by Gasteiger charge is -2.12. The second kappa shape index (κ2) is 11.3. The van der Waals surface area contributed by atoms with Gasteiger partial charge in [0, 0.05) is 40.5 Å². The van der Waals surface area contributed by atoms with Crippen molar-refractivity contribution in [1.29, 1.82) is 0 Å². The van der Waals surface area contributed by atoms with Gasteiger partial charge in [0.15, 0.2) is 5.96 Å². The lowest BCUT2D eigenvalue weighted by atomic mass is 10.4. The highest BCUT2D eigenvalue weighted by Gasteiger charge is 2.20. The first-order valence-corrected chi connectivity index (χ1v) is 7.54. The van der Waals surface area contributed by atoms with E-state index in [1.54, 1.807) is 14.2 Å². The topological polar surface area (TPSA) is 84.0 Å². The zero-order valence-electron chi connectivity index (χ0n) is 13.1. The molecule has 0 aromatic heterocycles. The molecule has 1 aliphatic carbocycles. The Morgan fingerprint density at radius 3 is 2.67 bits per heavy atom. The number of carbonyl (C=O) groups is 1. The highest BCUT2D eigenvalue weighted by atomic mass is 16.5. The highest BCUT2D eigenvalue weighted by Crippen LogP contribution is 2.28. The van der Waals surface area contributed by atoms with E-state index in [4.69, 9.17) is 9.47 Å². The average molecular weight is 300 g/mol. The van der Waals surface area contributed by atoms with Gasteiger partial charge in [-0.2, -0.15) is 0 Å². The molecular weight excluding hydrogens is 272 g/mol. The largest absolute Gasteiger partial charge is 0.383 e. The molecule has 3 N–H and O–H groups in total. The van der Waals surface area contributed by atoms with Crippen molar-refractivity contribution < 1.29 is 14.3 Å². The van der Waals surface area contributed by atoms with Gasteiger partial charge in [0.1, 0.15) is 0 Å². The number of methoxy groups -OCH3 is 1. The van der Waals surface area contributed by atoms with Crippen molar-refractivity contribution in [3.8, 4) is 0 Å². The number of hydrogen-bond donors (Lipinski definition) is 3. The number of carbonyl (C=O) groups excluding carboxylic acids is 1. The highest BCUT2D eigenvalue weighted by molar-refractivity contribution is 5.86. The monoisotopic (exact) mass is 300 g/mol. The number of amides is 1. The van der Waals surface area contributed by atoms with Crippen LogP contribution in [0.2, 0.25) is 0 Å². The Hall–Kier alpha value is -1.34. The summed E-state index contributed by atoms with van der Waals surface area (Å²) >= 11 is 0. The summed E-state index contributed by atoms with van der Waals surface area (Å²) in [6.45, 7) is 3.66. The first-order chi connectivity index (χ1) is 10.3. The third-order valence-electron chi connectivity index (χ3n) is 3.08. The summed E-state index contributed by atoms with van der Waals surface area (Å²) < 4.78 is 10.4. The minimum Gasteiger partial charge on any atom is -0.383 e. The Morgan fingerprint density at radius 2 is 2.00 bits per heavy atom. The van der Waals surface area contributed by atoms with Crippen molar-refractivity contribution in [3.63, 3.8) is 0 Å². The lowest BCUT2D eigenvalue weighted by molar-refractivity contribution is -0.120. The quantitative estimate of drug-likeness (QED) is 0.278. The molecule has 0 bridgehead atoms. The molecule has 0 unspecified atom stereocenters. The third-order valence-corrected chi connectivity index (χ3v) is 3.08. The zero-order chi connectivity index (χ0) is 15.3. The van der Waals surface area contributed by atoms with Crippen LogP contribution in [0.15, 0.2) is 4.99 Å². The Labute approximate surface area is 126 Å². The summed E-state index contributed by atoms with van der Waals surface area (Å²) in [5.74, 6) is 1.35. The van der Waals surface area contributed by atoms with E-state index in [0.29, 0.717) is 19.1 Å². The van der Waals surface area contributed by atoms with Gasteiger partial charge >= 0.3 is 0 Å². The number of aliphatic imine (C=N–C) groups is 1. The fourth-order valence-corrected chi connectivity index (χ4v) is 1.66. The third kappa shape index (κ3) is 10.1. The van der Waals surface area contributed by atoms with E-state index < -0.39 is 0 Å². The van der Waals surface area contributed by atoms with E-state index in [1.807, 2.05) is 0 Å². The Bertz CT molecular complexity index is 319. The van der Waals surface area contributed by atoms with Crippen molar-refractivity contribution in [3.05, 3.63) is 0 Å². The van der Waals surface area contributed by atoms with Crippen molar-refractivity contribution in [2.75, 3.05) is 53.6 Å². The van der Waals surface area contributed by atoms with E-state index in [1.165, 1.54) is 12.8 Å². The van der Waals surface area contributed by atoms with Crippen LogP contribution in [-0.2, 0) is 14.3 Å². The predicted molar refractivity (Wildman–Crippen MR) is 82.4 cm³/mol. The minimum absolute atomic E-state index is 0.0808. The van der Waals surface area contributed by atoms with Gasteiger partial charge in [-0.3, -0.25) is 9.79 Å². The molecule has 7 heteroatoms. The van der Waals surface area contributed by atoms with Crippen molar-refractivity contribution in [2.24, 2.45) is 10.9 Å². The molecule has 0 saturated heterocycles. The van der Waals surface area contributed by atoms with E-state index in [9.17, 15) is 4.79 Å². The first kappa shape index (κ1) is 17.7. The lowest BCUT2D eigenvalue weighted by Crippen LogP contribution is -2.44. The van der Waals surface area contributed by atoms with Crippen LogP contribution in [0.5, 0.6) is 0 Å². The van der Waals surface area contributed by atoms with Crippen LogP contribution in [0.25, 0.3) is 0 Å². The summed E-state index contributed by atoms with van der Waals surface area (Å²) in [6, 6.07) is 0. The van der Waals surface area contributed by atoms with Gasteiger partial charge in [-0.15, -0.1) is 0 Å². The molecule has 1 aliphatic rings. The maximum atomic E-state index is 11.5. The molecule has 0 spiro atoms. The normalized spacial score (nSPS) is 14.9. The smallest absolute Gasteiger partial charge is 0.239 e. The number of rotatable bonds is 11. The van der Waals surface area contributed by atoms with Gasteiger partial charge in [0.2, 0.25) is 5.91 Å². The van der Waals surface area contributed by atoms with Crippen molar-refractivity contribution >= 4 is 11.9 Å². The van der Waals surface area contributed by atoms with Gasteiger partial charge in [-0.25, -0.2) is 0 Å². The molecule has 1 fully saturated rings. The summed E-state index contributed by atoms with van der Waals surface area (Å²) in [5.41, 5.74) is 0. The zero-order valence-corrected chi connectivity index (χ0v) is 13.1. The second-order valence-corrected chi connectivity index (χ2v) is 5.07. The van der Waals surface area contributed by atoms with Crippen LogP contribution in [0.3, 0.4) is 0 Å². The molecular formula is C14H28N4O3. The van der Waals surface area contributed by atoms with Gasteiger partial charge < -0.3 is 25.4 Å². The standard InChI is InChI=1S/C14H28N4O3/c1-15-14(18-10-13(19)16-7-9-20-2)17-6-3-8-21-11-12-4-5-12/h12H,3-11H2,1-2H3,(H,16,19)(H2,15,17,18). The first-order valence-electron chi connectivity index (χ1n) is 7.54. The molecule has 1 amide bonds.